The molecule has 0 bridgehead atoms. The number of benzene rings is 1. The van der Waals surface area contributed by atoms with E-state index in [-0.39, 0.29) is 0 Å². The van der Waals surface area contributed by atoms with Crippen molar-refractivity contribution in [3.8, 4) is 11.5 Å². The molecule has 0 saturated heterocycles. The minimum Gasteiger partial charge on any atom is -0.493 e. The molecule has 5 nitrogen and oxygen atoms in total. The molecule has 1 N–H and O–H groups in total. The first-order chi connectivity index (χ1) is 13.7. The Hall–Kier alpha value is -2.34. The van der Waals surface area contributed by atoms with Gasteiger partial charge in [0.1, 0.15) is 0 Å². The Morgan fingerprint density at radius 2 is 1.82 bits per heavy atom. The van der Waals surface area contributed by atoms with E-state index in [4.69, 9.17) is 21.7 Å². The molecule has 1 fully saturated rings. The molecule has 0 spiro atoms. The Morgan fingerprint density at radius 1 is 1.07 bits per heavy atom. The summed E-state index contributed by atoms with van der Waals surface area (Å²) < 4.78 is 10.8. The van der Waals surface area contributed by atoms with E-state index >= 15 is 0 Å². The van der Waals surface area contributed by atoms with Crippen LogP contribution in [0.2, 0.25) is 0 Å². The average Bonchev–Trinajstić information content (AvgIpc) is 2.74. The molecule has 0 radical (unpaired) electrons. The maximum Gasteiger partial charge on any atom is 0.169 e. The largest absolute Gasteiger partial charge is 0.493 e. The summed E-state index contributed by atoms with van der Waals surface area (Å²) in [7, 11) is 3.31. The third kappa shape index (κ3) is 5.58. The Labute approximate surface area is 173 Å². The van der Waals surface area contributed by atoms with E-state index in [2.05, 4.69) is 27.3 Å². The lowest BCUT2D eigenvalue weighted by molar-refractivity contribution is 0.349. The fourth-order valence-corrected chi connectivity index (χ4v) is 3.92. The molecule has 0 aliphatic heterocycles. The van der Waals surface area contributed by atoms with Gasteiger partial charge in [0.2, 0.25) is 0 Å². The van der Waals surface area contributed by atoms with Crippen LogP contribution in [0.5, 0.6) is 11.5 Å². The van der Waals surface area contributed by atoms with Crippen molar-refractivity contribution in [2.75, 3.05) is 14.2 Å². The molecule has 1 aromatic carbocycles. The first-order valence-corrected chi connectivity index (χ1v) is 10.3. The molecule has 1 saturated carbocycles. The summed E-state index contributed by atoms with van der Waals surface area (Å²) in [5.41, 5.74) is 2.25. The molecule has 0 unspecified atom stereocenters. The van der Waals surface area contributed by atoms with Crippen LogP contribution in [0.15, 0.2) is 42.7 Å². The molecule has 1 aromatic heterocycles. The maximum atomic E-state index is 5.80. The number of rotatable bonds is 7. The Balaban J connectivity index is 1.76. The van der Waals surface area contributed by atoms with E-state index in [0.717, 1.165) is 27.7 Å². The van der Waals surface area contributed by atoms with Crippen molar-refractivity contribution < 1.29 is 9.47 Å². The maximum absolute atomic E-state index is 5.80. The van der Waals surface area contributed by atoms with E-state index < -0.39 is 0 Å². The number of aromatic nitrogens is 1. The van der Waals surface area contributed by atoms with Crippen molar-refractivity contribution >= 4 is 17.3 Å². The number of pyridine rings is 1. The normalized spacial score (nSPS) is 14.4. The number of hydrogen-bond acceptors (Lipinski definition) is 4. The van der Waals surface area contributed by atoms with E-state index in [9.17, 15) is 0 Å². The summed E-state index contributed by atoms with van der Waals surface area (Å²) in [4.78, 5) is 6.44. The Bertz CT molecular complexity index is 764. The summed E-state index contributed by atoms with van der Waals surface area (Å²) in [6.45, 7) is 1.40. The van der Waals surface area contributed by atoms with Crippen LogP contribution >= 0.6 is 12.2 Å². The second kappa shape index (κ2) is 10.3. The van der Waals surface area contributed by atoms with Crippen molar-refractivity contribution in [2.24, 2.45) is 0 Å². The fraction of sp³-hybridized carbons (Fsp3) is 0.455. The van der Waals surface area contributed by atoms with Gasteiger partial charge in [-0.05, 0) is 54.4 Å². The molecular weight excluding hydrogens is 370 g/mol. The zero-order valence-corrected chi connectivity index (χ0v) is 17.5. The fourth-order valence-electron chi connectivity index (χ4n) is 3.62. The highest BCUT2D eigenvalue weighted by atomic mass is 32.1. The number of thiocarbonyl (C=S) groups is 1. The zero-order chi connectivity index (χ0) is 19.8. The minimum atomic E-state index is 0.475. The lowest BCUT2D eigenvalue weighted by atomic mass is 9.96. The molecule has 6 heteroatoms. The van der Waals surface area contributed by atoms with Crippen LogP contribution in [0.25, 0.3) is 0 Å². The van der Waals surface area contributed by atoms with Crippen molar-refractivity contribution in [3.05, 3.63) is 53.9 Å². The van der Waals surface area contributed by atoms with Gasteiger partial charge in [-0.1, -0.05) is 31.4 Å². The van der Waals surface area contributed by atoms with Gasteiger partial charge in [0.15, 0.2) is 16.6 Å². The predicted octanol–water partition coefficient (Wildman–Crippen LogP) is 4.31. The first-order valence-electron chi connectivity index (χ1n) is 9.85. The second-order valence-electron chi connectivity index (χ2n) is 7.19. The predicted molar refractivity (Wildman–Crippen MR) is 116 cm³/mol. The molecule has 0 atom stereocenters. The molecule has 1 aliphatic rings. The lowest BCUT2D eigenvalue weighted by Gasteiger charge is -2.31. The van der Waals surface area contributed by atoms with Crippen LogP contribution in [0.3, 0.4) is 0 Å². The minimum absolute atomic E-state index is 0.475. The van der Waals surface area contributed by atoms with Crippen LogP contribution in [0, 0.1) is 0 Å². The highest BCUT2D eigenvalue weighted by molar-refractivity contribution is 7.80. The standard InChI is InChI=1S/C22H29N3O2S/c1-26-20-11-10-17(13-21(20)27-2)15-25(16-18-7-6-12-23-14-18)22(28)24-19-8-4-3-5-9-19/h6-7,10-14,19H,3-5,8-9,15-16H2,1-2H3,(H,24,28). The van der Waals surface area contributed by atoms with Gasteiger partial charge in [-0.15, -0.1) is 0 Å². The number of nitrogens with one attached hydrogen (secondary N) is 1. The van der Waals surface area contributed by atoms with Gasteiger partial charge in [0.25, 0.3) is 0 Å². The van der Waals surface area contributed by atoms with Crippen molar-refractivity contribution in [2.45, 2.75) is 51.2 Å². The van der Waals surface area contributed by atoms with Crippen molar-refractivity contribution in [3.63, 3.8) is 0 Å². The summed E-state index contributed by atoms with van der Waals surface area (Å²) in [5.74, 6) is 1.46. The van der Waals surface area contributed by atoms with Gasteiger partial charge < -0.3 is 19.7 Å². The van der Waals surface area contributed by atoms with Gasteiger partial charge >= 0.3 is 0 Å². The third-order valence-corrected chi connectivity index (χ3v) is 5.51. The number of methoxy groups -OCH3 is 2. The van der Waals surface area contributed by atoms with Crippen LogP contribution in [0.1, 0.15) is 43.2 Å². The monoisotopic (exact) mass is 399 g/mol. The summed E-state index contributed by atoms with van der Waals surface area (Å²) in [5, 5.41) is 4.39. The van der Waals surface area contributed by atoms with Gasteiger partial charge in [0, 0.05) is 31.5 Å². The molecule has 1 heterocycles. The van der Waals surface area contributed by atoms with Crippen molar-refractivity contribution in [1.29, 1.82) is 0 Å². The SMILES string of the molecule is COc1ccc(CN(Cc2cccnc2)C(=S)NC2CCCCC2)cc1OC. The lowest BCUT2D eigenvalue weighted by Crippen LogP contribution is -2.44. The summed E-state index contributed by atoms with van der Waals surface area (Å²) >= 11 is 5.80. The van der Waals surface area contributed by atoms with Crippen LogP contribution in [0.4, 0.5) is 0 Å². The highest BCUT2D eigenvalue weighted by Crippen LogP contribution is 2.28. The Kier molecular flexibility index (Phi) is 7.48. The van der Waals surface area contributed by atoms with E-state index in [1.54, 1.807) is 20.4 Å². The van der Waals surface area contributed by atoms with Gasteiger partial charge in [-0.3, -0.25) is 4.98 Å². The molecule has 2 aromatic rings. The van der Waals surface area contributed by atoms with Gasteiger partial charge in [0.05, 0.1) is 14.2 Å². The molecule has 1 aliphatic carbocycles. The van der Waals surface area contributed by atoms with Crippen LogP contribution in [-0.4, -0.2) is 35.3 Å². The summed E-state index contributed by atoms with van der Waals surface area (Å²) in [6.07, 6.45) is 9.95. The second-order valence-corrected chi connectivity index (χ2v) is 7.58. The van der Waals surface area contributed by atoms with Gasteiger partial charge in [-0.25, -0.2) is 0 Å². The van der Waals surface area contributed by atoms with Crippen LogP contribution < -0.4 is 14.8 Å². The topological polar surface area (TPSA) is 46.6 Å². The number of hydrogen-bond donors (Lipinski definition) is 1. The summed E-state index contributed by atoms with van der Waals surface area (Å²) in [6, 6.07) is 10.5. The molecular formula is C22H29N3O2S. The van der Waals surface area contributed by atoms with Gasteiger partial charge in [-0.2, -0.15) is 0 Å². The van der Waals surface area contributed by atoms with E-state index in [1.807, 2.05) is 24.4 Å². The molecule has 0 amide bonds. The van der Waals surface area contributed by atoms with Crippen molar-refractivity contribution in [1.82, 2.24) is 15.2 Å². The number of nitrogens with zero attached hydrogens (tertiary/aromatic N) is 2. The zero-order valence-electron chi connectivity index (χ0n) is 16.7. The highest BCUT2D eigenvalue weighted by Gasteiger charge is 2.18. The van der Waals surface area contributed by atoms with Crippen LogP contribution in [-0.2, 0) is 13.1 Å². The molecule has 28 heavy (non-hydrogen) atoms. The van der Waals surface area contributed by atoms with E-state index in [1.165, 1.54) is 32.1 Å². The number of ether oxygens (including phenoxy) is 2. The molecule has 3 rings (SSSR count). The quantitative estimate of drug-likeness (QED) is 0.700. The first kappa shape index (κ1) is 20.4. The smallest absolute Gasteiger partial charge is 0.169 e. The average molecular weight is 400 g/mol. The Morgan fingerprint density at radius 3 is 2.50 bits per heavy atom. The van der Waals surface area contributed by atoms with E-state index in [0.29, 0.717) is 19.1 Å². The molecule has 150 valence electrons. The third-order valence-electron chi connectivity index (χ3n) is 5.14.